The molecule has 1 heterocycles. The maximum absolute atomic E-state index is 13.2. The molecule has 0 saturated carbocycles. The van der Waals surface area contributed by atoms with Gasteiger partial charge in [0, 0.05) is 32.2 Å². The summed E-state index contributed by atoms with van der Waals surface area (Å²) >= 11 is 0. The molecule has 0 spiro atoms. The van der Waals surface area contributed by atoms with Crippen LogP contribution in [0.5, 0.6) is 5.75 Å². The summed E-state index contributed by atoms with van der Waals surface area (Å²) in [5.74, 6) is 0.0650. The Labute approximate surface area is 140 Å². The van der Waals surface area contributed by atoms with E-state index in [1.165, 1.54) is 12.1 Å². The van der Waals surface area contributed by atoms with E-state index in [2.05, 4.69) is 28.8 Å². The molecule has 24 heavy (non-hydrogen) atoms. The number of nitrogens with one attached hydrogen (secondary N) is 1. The van der Waals surface area contributed by atoms with Gasteiger partial charge in [-0.2, -0.15) is 17.6 Å². The number of hydrogen-bond donors (Lipinski definition) is 1. The second kappa shape index (κ2) is 8.16. The first-order chi connectivity index (χ1) is 11.3. The van der Waals surface area contributed by atoms with Crippen LogP contribution in [0, 0.1) is 5.92 Å². The molecule has 7 heteroatoms. The predicted molar refractivity (Wildman–Crippen MR) is 84.7 cm³/mol. The Kier molecular flexibility index (Phi) is 6.46. The van der Waals surface area contributed by atoms with Crippen LogP contribution in [-0.2, 0) is 0 Å². The summed E-state index contributed by atoms with van der Waals surface area (Å²) in [5.41, 5.74) is 0.814. The van der Waals surface area contributed by atoms with Gasteiger partial charge in [-0.1, -0.05) is 32.4 Å². The molecule has 1 unspecified atom stereocenters. The van der Waals surface area contributed by atoms with E-state index >= 15 is 0 Å². The molecule has 0 radical (unpaired) electrons. The summed E-state index contributed by atoms with van der Waals surface area (Å²) in [5, 5.41) is 3.28. The number of nitrogens with zero attached hydrogens (tertiary/aromatic N) is 1. The molecule has 1 fully saturated rings. The summed E-state index contributed by atoms with van der Waals surface area (Å²) < 4.78 is 55.2. The lowest BCUT2D eigenvalue weighted by molar-refractivity contribution is -0.253. The normalized spacial score (nSPS) is 19.3. The minimum atomic E-state index is -4.49. The topological polar surface area (TPSA) is 24.5 Å². The lowest BCUT2D eigenvalue weighted by Crippen LogP contribution is -2.46. The molecule has 1 aliphatic rings. The van der Waals surface area contributed by atoms with Gasteiger partial charge in [0.2, 0.25) is 0 Å². The Hall–Kier alpha value is -1.34. The fourth-order valence-electron chi connectivity index (χ4n) is 3.05. The van der Waals surface area contributed by atoms with E-state index in [-0.39, 0.29) is 11.8 Å². The fourth-order valence-corrected chi connectivity index (χ4v) is 3.05. The molecule has 2 atom stereocenters. The molecule has 1 aromatic carbocycles. The zero-order chi connectivity index (χ0) is 17.7. The third kappa shape index (κ3) is 4.60. The van der Waals surface area contributed by atoms with Gasteiger partial charge in [0.1, 0.15) is 5.75 Å². The largest absolute Gasteiger partial charge is 0.461 e. The lowest BCUT2D eigenvalue weighted by atomic mass is 9.90. The van der Waals surface area contributed by atoms with Crippen molar-refractivity contribution in [2.75, 3.05) is 26.2 Å². The highest BCUT2D eigenvalue weighted by molar-refractivity contribution is 5.31. The van der Waals surface area contributed by atoms with E-state index in [4.69, 9.17) is 0 Å². The van der Waals surface area contributed by atoms with Crippen molar-refractivity contribution < 1.29 is 22.3 Å². The van der Waals surface area contributed by atoms with E-state index in [9.17, 15) is 17.6 Å². The van der Waals surface area contributed by atoms with Gasteiger partial charge in [0.25, 0.3) is 0 Å². The Balaban J connectivity index is 2.25. The highest BCUT2D eigenvalue weighted by Gasteiger charge is 2.44. The van der Waals surface area contributed by atoms with Crippen molar-refractivity contribution >= 4 is 0 Å². The van der Waals surface area contributed by atoms with Gasteiger partial charge in [-0.15, -0.1) is 0 Å². The van der Waals surface area contributed by atoms with Crippen molar-refractivity contribution in [1.29, 1.82) is 0 Å². The molecule has 0 amide bonds. The van der Waals surface area contributed by atoms with Crippen molar-refractivity contribution in [2.24, 2.45) is 5.92 Å². The lowest BCUT2D eigenvalue weighted by Gasteiger charge is -2.38. The number of hydrogen-bond acceptors (Lipinski definition) is 3. The Morgan fingerprint density at radius 2 is 1.92 bits per heavy atom. The van der Waals surface area contributed by atoms with Crippen LogP contribution in [0.4, 0.5) is 17.6 Å². The molecule has 1 aromatic rings. The van der Waals surface area contributed by atoms with Crippen LogP contribution >= 0.6 is 0 Å². The molecule has 136 valence electrons. The number of rotatable bonds is 7. The van der Waals surface area contributed by atoms with Gasteiger partial charge >= 0.3 is 12.5 Å². The van der Waals surface area contributed by atoms with Crippen molar-refractivity contribution in [3.63, 3.8) is 0 Å². The van der Waals surface area contributed by atoms with Crippen molar-refractivity contribution in [3.8, 4) is 5.75 Å². The second-order valence-electron chi connectivity index (χ2n) is 6.15. The zero-order valence-corrected chi connectivity index (χ0v) is 13.9. The van der Waals surface area contributed by atoms with Gasteiger partial charge in [-0.05, 0) is 23.6 Å². The maximum atomic E-state index is 13.2. The fraction of sp³-hybridized carbons (Fsp3) is 0.647. The zero-order valence-electron chi connectivity index (χ0n) is 13.9. The molecule has 3 nitrogen and oxygen atoms in total. The average Bonchev–Trinajstić information content (AvgIpc) is 2.55. The first-order valence-corrected chi connectivity index (χ1v) is 8.25. The number of benzene rings is 1. The first kappa shape index (κ1) is 19.0. The molecule has 1 saturated heterocycles. The van der Waals surface area contributed by atoms with E-state index in [0.717, 1.165) is 38.2 Å². The van der Waals surface area contributed by atoms with Crippen LogP contribution in [0.3, 0.4) is 0 Å². The Bertz CT molecular complexity index is 521. The predicted octanol–water partition coefficient (Wildman–Crippen LogP) is 3.92. The Morgan fingerprint density at radius 1 is 1.25 bits per heavy atom. The van der Waals surface area contributed by atoms with Gasteiger partial charge in [0.05, 0.1) is 0 Å². The van der Waals surface area contributed by atoms with E-state index < -0.39 is 12.5 Å². The molecule has 1 aliphatic heterocycles. The summed E-state index contributed by atoms with van der Waals surface area (Å²) in [6.45, 7) is 7.62. The maximum Gasteiger partial charge on any atom is 0.461 e. The van der Waals surface area contributed by atoms with Crippen LogP contribution in [0.15, 0.2) is 24.3 Å². The van der Waals surface area contributed by atoms with Gasteiger partial charge in [-0.25, -0.2) is 0 Å². The number of halogens is 4. The van der Waals surface area contributed by atoms with Crippen molar-refractivity contribution in [1.82, 2.24) is 10.2 Å². The highest BCUT2D eigenvalue weighted by atomic mass is 19.3. The summed E-state index contributed by atoms with van der Waals surface area (Å²) in [6, 6.07) is 6.19. The molecule has 0 aliphatic carbocycles. The second-order valence-corrected chi connectivity index (χ2v) is 6.15. The summed E-state index contributed by atoms with van der Waals surface area (Å²) in [7, 11) is 0. The van der Waals surface area contributed by atoms with E-state index in [1.54, 1.807) is 6.07 Å². The third-order valence-corrected chi connectivity index (χ3v) is 4.44. The molecular formula is C17H24F4N2O. The molecule has 1 N–H and O–H groups in total. The van der Waals surface area contributed by atoms with Crippen LogP contribution in [0.2, 0.25) is 0 Å². The quantitative estimate of drug-likeness (QED) is 0.756. The monoisotopic (exact) mass is 348 g/mol. The number of piperazine rings is 1. The van der Waals surface area contributed by atoms with Gasteiger partial charge < -0.3 is 10.1 Å². The van der Waals surface area contributed by atoms with Gasteiger partial charge in [0.15, 0.2) is 0 Å². The van der Waals surface area contributed by atoms with Crippen LogP contribution < -0.4 is 10.1 Å². The minimum absolute atomic E-state index is 0.0424. The standard InChI is InChI=1S/C17H24F4N2O/c1-3-12(2)15(23-9-7-22-8-10-23)13-5-4-6-14(11-13)24-17(20,21)16(18)19/h4-6,11-12,15-16,22H,3,7-10H2,1-2H3/t12?,15-/m0/s1. The molecule has 0 bridgehead atoms. The Morgan fingerprint density at radius 3 is 2.50 bits per heavy atom. The van der Waals surface area contributed by atoms with Crippen LogP contribution in [0.25, 0.3) is 0 Å². The smallest absolute Gasteiger partial charge is 0.428 e. The number of ether oxygens (including phenoxy) is 1. The number of alkyl halides is 4. The van der Waals surface area contributed by atoms with E-state index in [0.29, 0.717) is 5.92 Å². The molecular weight excluding hydrogens is 324 g/mol. The highest BCUT2D eigenvalue weighted by Crippen LogP contribution is 2.34. The minimum Gasteiger partial charge on any atom is -0.428 e. The van der Waals surface area contributed by atoms with Crippen LogP contribution in [0.1, 0.15) is 31.9 Å². The van der Waals surface area contributed by atoms with Crippen molar-refractivity contribution in [2.45, 2.75) is 38.8 Å². The van der Waals surface area contributed by atoms with Crippen molar-refractivity contribution in [3.05, 3.63) is 29.8 Å². The third-order valence-electron chi connectivity index (χ3n) is 4.44. The average molecular weight is 348 g/mol. The molecule has 2 rings (SSSR count). The summed E-state index contributed by atoms with van der Waals surface area (Å²) in [6.07, 6.45) is -7.42. The summed E-state index contributed by atoms with van der Waals surface area (Å²) in [4.78, 5) is 2.30. The van der Waals surface area contributed by atoms with Crippen LogP contribution in [-0.4, -0.2) is 43.6 Å². The molecule has 0 aromatic heterocycles. The SMILES string of the molecule is CCC(C)[C@@H](c1cccc(OC(F)(F)C(F)F)c1)N1CCNCC1. The van der Waals surface area contributed by atoms with Gasteiger partial charge in [-0.3, -0.25) is 4.90 Å². The first-order valence-electron chi connectivity index (χ1n) is 8.25. The van der Waals surface area contributed by atoms with E-state index in [1.807, 2.05) is 6.07 Å².